The molecule has 0 amide bonds. The van der Waals surface area contributed by atoms with Crippen LogP contribution < -0.4 is 4.74 Å². The Morgan fingerprint density at radius 1 is 0.946 bits per heavy atom. The van der Waals surface area contributed by atoms with E-state index in [1.54, 1.807) is 13.0 Å². The van der Waals surface area contributed by atoms with Crippen LogP contribution in [0.4, 0.5) is 11.4 Å². The molecule has 3 rings (SSSR count). The Bertz CT molecular complexity index is 1280. The molecule has 0 fully saturated rings. The van der Waals surface area contributed by atoms with Crippen molar-refractivity contribution < 1.29 is 34.0 Å². The molecule has 0 radical (unpaired) electrons. The molecule has 0 aliphatic heterocycles. The van der Waals surface area contributed by atoms with Crippen LogP contribution in [0.25, 0.3) is 0 Å². The normalized spacial score (nSPS) is 12.3. The van der Waals surface area contributed by atoms with Crippen LogP contribution in [0.2, 0.25) is 0 Å². The molecule has 192 valence electrons. The zero-order chi connectivity index (χ0) is 26.9. The number of benzene rings is 3. The lowest BCUT2D eigenvalue weighted by Gasteiger charge is -2.22. The lowest BCUT2D eigenvalue weighted by Crippen LogP contribution is -2.28. The van der Waals surface area contributed by atoms with E-state index in [4.69, 9.17) is 9.47 Å². The largest absolute Gasteiger partial charge is 0.464 e. The minimum Gasteiger partial charge on any atom is -0.464 e. The number of nitro benzene ring substituents is 2. The zero-order valence-corrected chi connectivity index (χ0v) is 20.3. The highest BCUT2D eigenvalue weighted by Gasteiger charge is 2.32. The van der Waals surface area contributed by atoms with Crippen molar-refractivity contribution in [2.45, 2.75) is 29.6 Å². The van der Waals surface area contributed by atoms with Crippen LogP contribution in [-0.4, -0.2) is 39.6 Å². The summed E-state index contributed by atoms with van der Waals surface area (Å²) in [7, 11) is 0. The molecule has 1 N–H and O–H groups in total. The average molecular weight is 527 g/mol. The molecule has 0 bridgehead atoms. The first-order chi connectivity index (χ1) is 17.7. The lowest BCUT2D eigenvalue weighted by molar-refractivity contribution is -0.387. The summed E-state index contributed by atoms with van der Waals surface area (Å²) in [5.41, 5.74) is 0.187. The number of nitro groups is 2. The number of hydrogen-bond donors (Lipinski definition) is 1. The molecular weight excluding hydrogens is 504 g/mol. The molecule has 0 spiro atoms. The van der Waals surface area contributed by atoms with Gasteiger partial charge in [0.1, 0.15) is 5.75 Å². The predicted octanol–water partition coefficient (Wildman–Crippen LogP) is 4.87. The van der Waals surface area contributed by atoms with E-state index in [2.05, 4.69) is 0 Å². The first-order valence-electron chi connectivity index (χ1n) is 11.0. The number of esters is 2. The maximum absolute atomic E-state index is 12.4. The second-order valence-electron chi connectivity index (χ2n) is 7.64. The molecule has 0 saturated heterocycles. The number of carbonyl (C=O) groups is 2. The fourth-order valence-electron chi connectivity index (χ4n) is 3.18. The Kier molecular flexibility index (Phi) is 9.30. The predicted molar refractivity (Wildman–Crippen MR) is 133 cm³/mol. The maximum atomic E-state index is 12.4. The fraction of sp³-hybridized carbons (Fsp3) is 0.200. The van der Waals surface area contributed by atoms with Crippen LogP contribution >= 0.6 is 11.8 Å². The molecule has 3 aromatic carbocycles. The molecule has 0 heterocycles. The van der Waals surface area contributed by atoms with Crippen molar-refractivity contribution in [3.8, 4) is 5.75 Å². The third-order valence-corrected chi connectivity index (χ3v) is 6.41. The summed E-state index contributed by atoms with van der Waals surface area (Å²) in [6, 6.07) is 16.8. The van der Waals surface area contributed by atoms with E-state index in [0.717, 1.165) is 11.8 Å². The van der Waals surface area contributed by atoms with Crippen LogP contribution in [0.15, 0.2) is 77.7 Å². The molecule has 2 unspecified atom stereocenters. The summed E-state index contributed by atoms with van der Waals surface area (Å²) in [5.74, 6) is -1.46. The quantitative estimate of drug-likeness (QED) is 0.120. The van der Waals surface area contributed by atoms with Crippen LogP contribution in [0.5, 0.6) is 5.75 Å². The third kappa shape index (κ3) is 7.12. The topological polar surface area (TPSA) is 159 Å². The molecule has 2 atom stereocenters. The smallest absolute Gasteiger partial charge is 0.343 e. The summed E-state index contributed by atoms with van der Waals surface area (Å²) in [4.78, 5) is 46.2. The first kappa shape index (κ1) is 27.3. The van der Waals surface area contributed by atoms with Gasteiger partial charge in [0.15, 0.2) is 6.10 Å². The molecular formula is C25H22N2O9S. The van der Waals surface area contributed by atoms with Gasteiger partial charge in [0.25, 0.3) is 11.4 Å². The highest BCUT2D eigenvalue weighted by Crippen LogP contribution is 2.42. The van der Waals surface area contributed by atoms with E-state index in [1.165, 1.54) is 66.7 Å². The van der Waals surface area contributed by atoms with Crippen LogP contribution in [0.1, 0.15) is 34.5 Å². The number of aliphatic hydroxyl groups excluding tert-OH is 1. The average Bonchev–Trinajstić information content (AvgIpc) is 2.90. The van der Waals surface area contributed by atoms with Gasteiger partial charge < -0.3 is 14.6 Å². The van der Waals surface area contributed by atoms with Crippen molar-refractivity contribution in [2.24, 2.45) is 0 Å². The summed E-state index contributed by atoms with van der Waals surface area (Å²) in [6.45, 7) is 1.91. The van der Waals surface area contributed by atoms with Gasteiger partial charge in [-0.25, -0.2) is 9.59 Å². The van der Waals surface area contributed by atoms with Crippen LogP contribution in [0.3, 0.4) is 0 Å². The lowest BCUT2D eigenvalue weighted by atomic mass is 10.1. The SMILES string of the molecule is CCCOC(=O)C(O)C(Sc1ccccc1[N+](=O)[O-])c1ccc(OC(=O)c2ccc([N+](=O)[O-])cc2)cc1. The standard InChI is InChI=1S/C25H22N2O9S/c1-2-15-35-25(30)22(28)23(37-21-6-4-3-5-20(21)27(33)34)16-9-13-19(14-10-16)36-24(29)17-7-11-18(12-8-17)26(31)32/h3-14,22-23,28H,2,15H2,1H3. The highest BCUT2D eigenvalue weighted by molar-refractivity contribution is 7.99. The van der Waals surface area contributed by atoms with Gasteiger partial charge in [-0.15, -0.1) is 11.8 Å². The molecule has 0 aliphatic rings. The summed E-state index contributed by atoms with van der Waals surface area (Å²) in [5, 5.41) is 32.0. The number of non-ortho nitro benzene ring substituents is 1. The zero-order valence-electron chi connectivity index (χ0n) is 19.5. The number of rotatable bonds is 11. The Hall–Kier alpha value is -4.29. The fourth-order valence-corrected chi connectivity index (χ4v) is 4.41. The molecule has 0 saturated carbocycles. The molecule has 37 heavy (non-hydrogen) atoms. The van der Waals surface area contributed by atoms with Gasteiger partial charge in [0, 0.05) is 18.2 Å². The number of para-hydroxylation sites is 1. The van der Waals surface area contributed by atoms with Crippen molar-refractivity contribution in [1.29, 1.82) is 0 Å². The Morgan fingerprint density at radius 2 is 1.59 bits per heavy atom. The number of aliphatic hydroxyl groups is 1. The first-order valence-corrected chi connectivity index (χ1v) is 11.9. The van der Waals surface area contributed by atoms with E-state index in [1.807, 2.05) is 0 Å². The third-order valence-electron chi connectivity index (χ3n) is 5.03. The highest BCUT2D eigenvalue weighted by atomic mass is 32.2. The molecule has 3 aromatic rings. The Balaban J connectivity index is 1.83. The van der Waals surface area contributed by atoms with Crippen LogP contribution in [-0.2, 0) is 9.53 Å². The second-order valence-corrected chi connectivity index (χ2v) is 8.82. The van der Waals surface area contributed by atoms with Crippen molar-refractivity contribution in [1.82, 2.24) is 0 Å². The van der Waals surface area contributed by atoms with Gasteiger partial charge in [-0.05, 0) is 42.3 Å². The summed E-state index contributed by atoms with van der Waals surface area (Å²) >= 11 is 0.932. The van der Waals surface area contributed by atoms with Crippen LogP contribution in [0, 0.1) is 20.2 Å². The van der Waals surface area contributed by atoms with Gasteiger partial charge in [-0.2, -0.15) is 0 Å². The number of carbonyl (C=O) groups excluding carboxylic acids is 2. The number of hydrogen-bond acceptors (Lipinski definition) is 10. The van der Waals surface area contributed by atoms with E-state index >= 15 is 0 Å². The number of nitrogens with zero attached hydrogens (tertiary/aromatic N) is 2. The monoisotopic (exact) mass is 526 g/mol. The van der Waals surface area contributed by atoms with Gasteiger partial charge in [-0.3, -0.25) is 20.2 Å². The van der Waals surface area contributed by atoms with Gasteiger partial charge >= 0.3 is 11.9 Å². The second kappa shape index (κ2) is 12.6. The van der Waals surface area contributed by atoms with E-state index in [9.17, 15) is 34.9 Å². The minimum absolute atomic E-state index is 0.105. The summed E-state index contributed by atoms with van der Waals surface area (Å²) in [6.07, 6.45) is -1.08. The van der Waals surface area contributed by atoms with Gasteiger partial charge in [-0.1, -0.05) is 31.2 Å². The van der Waals surface area contributed by atoms with Crippen molar-refractivity contribution in [3.05, 3.63) is 104 Å². The van der Waals surface area contributed by atoms with E-state index < -0.39 is 33.1 Å². The molecule has 0 aliphatic carbocycles. The van der Waals surface area contributed by atoms with Crippen molar-refractivity contribution in [3.63, 3.8) is 0 Å². The van der Waals surface area contributed by atoms with E-state index in [-0.39, 0.29) is 34.2 Å². The van der Waals surface area contributed by atoms with Crippen molar-refractivity contribution >= 4 is 35.1 Å². The van der Waals surface area contributed by atoms with Gasteiger partial charge in [0.05, 0.1) is 32.2 Å². The minimum atomic E-state index is -1.63. The van der Waals surface area contributed by atoms with E-state index in [0.29, 0.717) is 12.0 Å². The molecule has 12 heteroatoms. The maximum Gasteiger partial charge on any atom is 0.343 e. The summed E-state index contributed by atoms with van der Waals surface area (Å²) < 4.78 is 10.4. The van der Waals surface area contributed by atoms with Crippen molar-refractivity contribution in [2.75, 3.05) is 6.61 Å². The molecule has 11 nitrogen and oxygen atoms in total. The Labute approximate surface area is 215 Å². The van der Waals surface area contributed by atoms with Gasteiger partial charge in [0.2, 0.25) is 0 Å². The number of thioether (sulfide) groups is 1. The molecule has 0 aromatic heterocycles. The number of ether oxygens (including phenoxy) is 2. The Morgan fingerprint density at radius 3 is 2.19 bits per heavy atom.